The lowest BCUT2D eigenvalue weighted by Crippen LogP contribution is -2.05. The zero-order valence-corrected chi connectivity index (χ0v) is 14.7. The molecule has 0 amide bonds. The summed E-state index contributed by atoms with van der Waals surface area (Å²) in [5.41, 5.74) is 0. The normalized spacial score (nSPS) is 13.6. The van der Waals surface area contributed by atoms with Crippen molar-refractivity contribution in [2.45, 2.75) is 25.2 Å². The van der Waals surface area contributed by atoms with Crippen LogP contribution in [0.3, 0.4) is 0 Å². The van der Waals surface area contributed by atoms with E-state index in [2.05, 4.69) is 15.9 Å². The molecule has 2 N–H and O–H groups in total. The Kier molecular flexibility index (Phi) is 7.58. The fourth-order valence-electron chi connectivity index (χ4n) is 1.26. The van der Waals surface area contributed by atoms with Gasteiger partial charge in [0.1, 0.15) is 0 Å². The maximum atomic E-state index is 10.1. The molecule has 0 saturated carbocycles. The van der Waals surface area contributed by atoms with Gasteiger partial charge in [0.05, 0.1) is 23.1 Å². The van der Waals surface area contributed by atoms with Crippen LogP contribution in [-0.4, -0.2) is 23.0 Å². The Morgan fingerprint density at radius 1 is 1.37 bits per heavy atom. The van der Waals surface area contributed by atoms with E-state index in [1.165, 1.54) is 0 Å². The van der Waals surface area contributed by atoms with Crippen LogP contribution < -0.4 is 0 Å². The second-order valence-electron chi connectivity index (χ2n) is 3.55. The quantitative estimate of drug-likeness (QED) is 0.716. The molecule has 0 heterocycles. The first-order chi connectivity index (χ1) is 8.92. The van der Waals surface area contributed by atoms with Crippen molar-refractivity contribution in [3.8, 4) is 0 Å². The highest BCUT2D eigenvalue weighted by molar-refractivity contribution is 9.10. The van der Waals surface area contributed by atoms with Crippen molar-refractivity contribution in [3.05, 3.63) is 27.7 Å². The molecule has 0 saturated heterocycles. The van der Waals surface area contributed by atoms with E-state index in [0.29, 0.717) is 16.5 Å². The van der Waals surface area contributed by atoms with Crippen molar-refractivity contribution in [2.24, 2.45) is 0 Å². The molecule has 0 bridgehead atoms. The van der Waals surface area contributed by atoms with Crippen LogP contribution in [0.5, 0.6) is 0 Å². The van der Waals surface area contributed by atoms with Gasteiger partial charge in [-0.2, -0.15) is 0 Å². The summed E-state index contributed by atoms with van der Waals surface area (Å²) in [7, 11) is -1.27. The van der Waals surface area contributed by atoms with Crippen LogP contribution in [0.2, 0.25) is 5.02 Å². The summed E-state index contributed by atoms with van der Waals surface area (Å²) in [6, 6.07) is 5.19. The van der Waals surface area contributed by atoms with Gasteiger partial charge < -0.3 is 18.5 Å². The molecule has 19 heavy (non-hydrogen) atoms. The maximum Gasteiger partial charge on any atom is 0.309 e. The molecular weight excluding hydrogens is 375 g/mol. The highest BCUT2D eigenvalue weighted by atomic mass is 79.9. The first-order valence-corrected chi connectivity index (χ1v) is 10.3. The van der Waals surface area contributed by atoms with Crippen LogP contribution in [0.4, 0.5) is 0 Å². The second kappa shape index (κ2) is 8.15. The zero-order chi connectivity index (χ0) is 14.5. The Hall–Kier alpha value is 0.610. The van der Waals surface area contributed by atoms with Crippen molar-refractivity contribution in [2.75, 3.05) is 13.2 Å². The highest BCUT2D eigenvalue weighted by Gasteiger charge is 2.22. The van der Waals surface area contributed by atoms with Gasteiger partial charge >= 0.3 is 6.72 Å². The van der Waals surface area contributed by atoms with Gasteiger partial charge in [0, 0.05) is 14.8 Å². The largest absolute Gasteiger partial charge is 0.327 e. The van der Waals surface area contributed by atoms with E-state index in [9.17, 15) is 9.79 Å². The third-order valence-electron chi connectivity index (χ3n) is 1.99. The SMILES string of the molecule is CCCOS(c1ccc(Br)cc1Cl)=P(O)(O)OCC. The van der Waals surface area contributed by atoms with Gasteiger partial charge in [-0.25, -0.2) is 0 Å². The van der Waals surface area contributed by atoms with Gasteiger partial charge in [-0.05, 0) is 31.5 Å². The number of halogens is 2. The predicted molar refractivity (Wildman–Crippen MR) is 84.0 cm³/mol. The van der Waals surface area contributed by atoms with Crippen molar-refractivity contribution in [3.63, 3.8) is 0 Å². The summed E-state index contributed by atoms with van der Waals surface area (Å²) >= 11 is 9.46. The third-order valence-corrected chi connectivity index (χ3v) is 7.58. The molecule has 0 aromatic heterocycles. The molecule has 1 aromatic carbocycles. The molecule has 1 rings (SSSR count). The minimum Gasteiger partial charge on any atom is -0.327 e. The van der Waals surface area contributed by atoms with E-state index < -0.39 is 17.1 Å². The minimum atomic E-state index is -3.64. The van der Waals surface area contributed by atoms with Crippen molar-refractivity contribution in [1.82, 2.24) is 0 Å². The fraction of sp³-hybridized carbons (Fsp3) is 0.455. The van der Waals surface area contributed by atoms with E-state index >= 15 is 0 Å². The molecule has 0 fully saturated rings. The Bertz CT molecular complexity index is 492. The lowest BCUT2D eigenvalue weighted by molar-refractivity contribution is 0.261. The Labute approximate surface area is 129 Å². The molecule has 8 heteroatoms. The Morgan fingerprint density at radius 2 is 2.05 bits per heavy atom. The van der Waals surface area contributed by atoms with Crippen LogP contribution in [0.1, 0.15) is 20.3 Å². The topological polar surface area (TPSA) is 58.9 Å². The van der Waals surface area contributed by atoms with E-state index in [4.69, 9.17) is 20.3 Å². The molecule has 4 nitrogen and oxygen atoms in total. The zero-order valence-electron chi connectivity index (χ0n) is 10.7. The predicted octanol–water partition coefficient (Wildman–Crippen LogP) is 4.12. The Balaban J connectivity index is 3.31. The van der Waals surface area contributed by atoms with E-state index in [1.807, 2.05) is 6.92 Å². The van der Waals surface area contributed by atoms with Crippen LogP contribution in [-0.2, 0) is 19.1 Å². The van der Waals surface area contributed by atoms with Gasteiger partial charge in [0.25, 0.3) is 0 Å². The van der Waals surface area contributed by atoms with E-state index in [-0.39, 0.29) is 6.61 Å². The summed E-state index contributed by atoms with van der Waals surface area (Å²) < 4.78 is 11.5. The molecule has 1 unspecified atom stereocenters. The minimum absolute atomic E-state index is 0.202. The molecule has 0 spiro atoms. The van der Waals surface area contributed by atoms with E-state index in [0.717, 1.165) is 10.9 Å². The summed E-state index contributed by atoms with van der Waals surface area (Å²) in [4.78, 5) is 20.8. The average Bonchev–Trinajstić information content (AvgIpc) is 2.31. The van der Waals surface area contributed by atoms with E-state index in [1.54, 1.807) is 25.1 Å². The molecule has 0 radical (unpaired) electrons. The number of hydrogen-bond donors (Lipinski definition) is 2. The van der Waals surface area contributed by atoms with Crippen LogP contribution >= 0.6 is 34.2 Å². The summed E-state index contributed by atoms with van der Waals surface area (Å²) in [6.45, 7) is 0.615. The smallest absolute Gasteiger partial charge is 0.309 e. The standard InChI is InChI=1S/C11H17BrClO4PS/c1-3-7-17-19(18(14,15)16-4-2)11-6-5-9(12)8-10(11)13/h5-6,8,14-15H,3-4,7H2,1-2H3. The highest BCUT2D eigenvalue weighted by Crippen LogP contribution is 2.47. The number of rotatable bonds is 6. The lowest BCUT2D eigenvalue weighted by Gasteiger charge is -2.20. The molecule has 0 aliphatic carbocycles. The summed E-state index contributed by atoms with van der Waals surface area (Å²) in [5.74, 6) is 0. The lowest BCUT2D eigenvalue weighted by atomic mass is 10.4. The van der Waals surface area contributed by atoms with Crippen LogP contribution in [0.25, 0.3) is 0 Å². The molecule has 110 valence electrons. The first-order valence-electron chi connectivity index (χ1n) is 5.74. The van der Waals surface area contributed by atoms with Crippen LogP contribution in [0.15, 0.2) is 27.6 Å². The number of hydrogen-bond acceptors (Lipinski definition) is 2. The van der Waals surface area contributed by atoms with Crippen LogP contribution in [0, 0.1) is 0 Å². The maximum absolute atomic E-state index is 10.1. The second-order valence-corrected chi connectivity index (χ2v) is 9.71. The Morgan fingerprint density at radius 3 is 2.58 bits per heavy atom. The van der Waals surface area contributed by atoms with Crippen molar-refractivity contribution < 1.29 is 18.5 Å². The van der Waals surface area contributed by atoms with Gasteiger partial charge in [0.2, 0.25) is 0 Å². The monoisotopic (exact) mass is 390 g/mol. The molecule has 0 aliphatic heterocycles. The fourth-order valence-corrected chi connectivity index (χ4v) is 6.47. The molecule has 0 aliphatic rings. The molecular formula is C11H17BrClO4PS. The summed E-state index contributed by atoms with van der Waals surface area (Å²) in [6.07, 6.45) is 0.768. The molecule has 1 aromatic rings. The number of benzene rings is 1. The van der Waals surface area contributed by atoms with Crippen molar-refractivity contribution in [1.29, 1.82) is 0 Å². The molecule has 1 atom stereocenters. The van der Waals surface area contributed by atoms with Crippen molar-refractivity contribution >= 4 is 44.6 Å². The van der Waals surface area contributed by atoms with Gasteiger partial charge in [-0.1, -0.05) is 34.5 Å². The van der Waals surface area contributed by atoms with Gasteiger partial charge in [-0.15, -0.1) is 0 Å². The first kappa shape index (κ1) is 17.7. The average molecular weight is 392 g/mol. The van der Waals surface area contributed by atoms with Gasteiger partial charge in [0.15, 0.2) is 0 Å². The third kappa shape index (κ3) is 5.14. The van der Waals surface area contributed by atoms with Gasteiger partial charge in [-0.3, -0.25) is 0 Å². The summed E-state index contributed by atoms with van der Waals surface area (Å²) in [5, 5.41) is 0.418.